The third-order valence-corrected chi connectivity index (χ3v) is 7.28. The molecule has 3 aromatic heterocycles. The van der Waals surface area contributed by atoms with Gasteiger partial charge in [0.1, 0.15) is 11.6 Å². The molecule has 0 bridgehead atoms. The molecular formula is C33H34N8O2. The van der Waals surface area contributed by atoms with Gasteiger partial charge in [0, 0.05) is 53.9 Å². The molecule has 10 nitrogen and oxygen atoms in total. The van der Waals surface area contributed by atoms with Gasteiger partial charge in [-0.15, -0.1) is 0 Å². The number of benzene rings is 2. The van der Waals surface area contributed by atoms with Crippen molar-refractivity contribution in [3.8, 4) is 28.7 Å². The van der Waals surface area contributed by atoms with Crippen molar-refractivity contribution < 1.29 is 9.53 Å². The van der Waals surface area contributed by atoms with E-state index in [0.717, 1.165) is 42.0 Å². The molecule has 5 aromatic rings. The van der Waals surface area contributed by atoms with Crippen molar-refractivity contribution in [1.29, 1.82) is 0 Å². The summed E-state index contributed by atoms with van der Waals surface area (Å²) in [6.07, 6.45) is 6.05. The molecule has 1 aliphatic rings. The minimum Gasteiger partial charge on any atom is -0.424 e. The highest BCUT2D eigenvalue weighted by Gasteiger charge is 2.22. The number of nitrogens with one attached hydrogen (secondary N) is 3. The van der Waals surface area contributed by atoms with Crippen LogP contribution in [0, 0.1) is 6.92 Å². The number of hydrogen-bond donors (Lipinski definition) is 3. The molecule has 0 unspecified atom stereocenters. The first-order valence-electron chi connectivity index (χ1n) is 14.3. The third-order valence-electron chi connectivity index (χ3n) is 7.28. The second-order valence-electron chi connectivity index (χ2n) is 11.6. The first kappa shape index (κ1) is 28.0. The van der Waals surface area contributed by atoms with Gasteiger partial charge in [-0.3, -0.25) is 10.3 Å². The Balaban J connectivity index is 1.21. The molecule has 0 saturated carbocycles. The molecule has 0 aliphatic carbocycles. The number of rotatable bonds is 6. The van der Waals surface area contributed by atoms with Gasteiger partial charge in [-0.05, 0) is 73.0 Å². The Bertz CT molecular complexity index is 1780. The van der Waals surface area contributed by atoms with E-state index in [1.54, 1.807) is 35.4 Å². The van der Waals surface area contributed by atoms with E-state index in [1.165, 1.54) is 11.1 Å². The van der Waals surface area contributed by atoms with Crippen LogP contribution >= 0.6 is 0 Å². The lowest BCUT2D eigenvalue weighted by Crippen LogP contribution is -2.24. The number of carbonyl (C=O) groups excluding carboxylic acids is 1. The number of pyridine rings is 1. The molecule has 4 heterocycles. The van der Waals surface area contributed by atoms with E-state index in [2.05, 4.69) is 63.8 Å². The largest absolute Gasteiger partial charge is 0.424 e. The van der Waals surface area contributed by atoms with E-state index < -0.39 is 6.03 Å². The van der Waals surface area contributed by atoms with Gasteiger partial charge in [0.05, 0.1) is 17.1 Å². The molecular weight excluding hydrogens is 540 g/mol. The first-order chi connectivity index (χ1) is 20.7. The van der Waals surface area contributed by atoms with E-state index >= 15 is 0 Å². The van der Waals surface area contributed by atoms with Crippen LogP contribution in [0.2, 0.25) is 0 Å². The van der Waals surface area contributed by atoms with E-state index in [0.29, 0.717) is 22.9 Å². The van der Waals surface area contributed by atoms with Gasteiger partial charge in [-0.2, -0.15) is 10.1 Å². The quantitative estimate of drug-likeness (QED) is 0.214. The standard InChI is InChI=1S/C33H34N8O2/c1-21-7-9-25(17-28(21)43-32-36-15-12-27(38-32)24-6-5-13-34-20-24)37-31(42)39-30-18-29(33(2,3)4)40-41(30)26-10-8-23-19-35-14-11-22(23)16-26/h5-10,12-13,15-18,20,35H,11,14,19H2,1-4H3,(H2,37,39,42). The summed E-state index contributed by atoms with van der Waals surface area (Å²) in [6.45, 7) is 10.0. The van der Waals surface area contributed by atoms with Crippen molar-refractivity contribution in [3.05, 3.63) is 102 Å². The minimum atomic E-state index is -0.395. The highest BCUT2D eigenvalue weighted by Crippen LogP contribution is 2.30. The fourth-order valence-corrected chi connectivity index (χ4v) is 4.86. The SMILES string of the molecule is Cc1ccc(NC(=O)Nc2cc(C(C)(C)C)nn2-c2ccc3c(c2)CCNC3)cc1Oc1nccc(-c2cccnc2)n1. The third kappa shape index (κ3) is 6.39. The van der Waals surface area contributed by atoms with Gasteiger partial charge in [0.25, 0.3) is 0 Å². The van der Waals surface area contributed by atoms with E-state index in [9.17, 15) is 4.79 Å². The van der Waals surface area contributed by atoms with Crippen molar-refractivity contribution in [2.24, 2.45) is 0 Å². The van der Waals surface area contributed by atoms with Gasteiger partial charge in [-0.1, -0.05) is 32.9 Å². The lowest BCUT2D eigenvalue weighted by atomic mass is 9.92. The molecule has 43 heavy (non-hydrogen) atoms. The summed E-state index contributed by atoms with van der Waals surface area (Å²) in [4.78, 5) is 26.2. The molecule has 0 atom stereocenters. The van der Waals surface area contributed by atoms with Crippen LogP contribution in [0.25, 0.3) is 16.9 Å². The number of urea groups is 1. The highest BCUT2D eigenvalue weighted by atomic mass is 16.5. The van der Waals surface area contributed by atoms with Crippen molar-refractivity contribution in [2.75, 3.05) is 17.2 Å². The molecule has 0 spiro atoms. The number of aromatic nitrogens is 5. The fourth-order valence-electron chi connectivity index (χ4n) is 4.86. The Hall–Kier alpha value is -5.09. The molecule has 1 aliphatic heterocycles. The van der Waals surface area contributed by atoms with Crippen LogP contribution < -0.4 is 20.7 Å². The Morgan fingerprint density at radius 3 is 2.70 bits per heavy atom. The maximum Gasteiger partial charge on any atom is 0.324 e. The Kier molecular flexibility index (Phi) is 7.60. The number of fused-ring (bicyclic) bond motifs is 1. The minimum absolute atomic E-state index is 0.199. The number of carbonyl (C=O) groups is 1. The van der Waals surface area contributed by atoms with Crippen LogP contribution in [-0.2, 0) is 18.4 Å². The Morgan fingerprint density at radius 2 is 1.88 bits per heavy atom. The molecule has 3 N–H and O–H groups in total. The van der Waals surface area contributed by atoms with Crippen molar-refractivity contribution in [3.63, 3.8) is 0 Å². The average Bonchev–Trinajstić information content (AvgIpc) is 3.43. The zero-order valence-electron chi connectivity index (χ0n) is 24.7. The first-order valence-corrected chi connectivity index (χ1v) is 14.3. The summed E-state index contributed by atoms with van der Waals surface area (Å²) in [7, 11) is 0. The molecule has 2 aromatic carbocycles. The molecule has 0 saturated heterocycles. The summed E-state index contributed by atoms with van der Waals surface area (Å²) in [5.41, 5.74) is 7.16. The normalized spacial score (nSPS) is 12.8. The summed E-state index contributed by atoms with van der Waals surface area (Å²) in [5, 5.41) is 14.2. The van der Waals surface area contributed by atoms with Crippen LogP contribution in [-0.4, -0.2) is 37.3 Å². The molecule has 10 heteroatoms. The summed E-state index contributed by atoms with van der Waals surface area (Å²) >= 11 is 0. The second kappa shape index (κ2) is 11.7. The molecule has 2 amide bonds. The predicted molar refractivity (Wildman–Crippen MR) is 167 cm³/mol. The van der Waals surface area contributed by atoms with Gasteiger partial charge < -0.3 is 15.4 Å². The van der Waals surface area contributed by atoms with Crippen LogP contribution in [0.3, 0.4) is 0 Å². The van der Waals surface area contributed by atoms with Crippen molar-refractivity contribution >= 4 is 17.5 Å². The van der Waals surface area contributed by atoms with Gasteiger partial charge >= 0.3 is 12.0 Å². The van der Waals surface area contributed by atoms with Crippen LogP contribution in [0.15, 0.2) is 79.3 Å². The van der Waals surface area contributed by atoms with Crippen LogP contribution in [0.4, 0.5) is 16.3 Å². The number of amides is 2. The van der Waals surface area contributed by atoms with Gasteiger partial charge in [-0.25, -0.2) is 14.5 Å². The number of aryl methyl sites for hydroxylation is 1. The zero-order valence-corrected chi connectivity index (χ0v) is 24.7. The fraction of sp³-hybridized carbons (Fsp3) is 0.242. The molecule has 0 fully saturated rings. The van der Waals surface area contributed by atoms with Crippen molar-refractivity contribution in [1.82, 2.24) is 30.0 Å². The predicted octanol–water partition coefficient (Wildman–Crippen LogP) is 6.41. The molecule has 6 rings (SSSR count). The number of hydrogen-bond acceptors (Lipinski definition) is 7. The number of nitrogens with zero attached hydrogens (tertiary/aromatic N) is 5. The highest BCUT2D eigenvalue weighted by molar-refractivity contribution is 5.99. The average molecular weight is 575 g/mol. The molecule has 0 radical (unpaired) electrons. The zero-order chi connectivity index (χ0) is 30.0. The lowest BCUT2D eigenvalue weighted by molar-refractivity contribution is 0.262. The van der Waals surface area contributed by atoms with E-state index in [1.807, 2.05) is 43.3 Å². The van der Waals surface area contributed by atoms with E-state index in [-0.39, 0.29) is 11.4 Å². The summed E-state index contributed by atoms with van der Waals surface area (Å²) < 4.78 is 7.85. The van der Waals surface area contributed by atoms with Crippen molar-refractivity contribution in [2.45, 2.75) is 46.1 Å². The lowest BCUT2D eigenvalue weighted by Gasteiger charge is -2.18. The Labute approximate surface area is 250 Å². The summed E-state index contributed by atoms with van der Waals surface area (Å²) in [5.74, 6) is 1.12. The second-order valence-corrected chi connectivity index (χ2v) is 11.6. The smallest absolute Gasteiger partial charge is 0.324 e. The van der Waals surface area contributed by atoms with E-state index in [4.69, 9.17) is 9.84 Å². The van der Waals surface area contributed by atoms with Crippen LogP contribution in [0.5, 0.6) is 11.8 Å². The maximum atomic E-state index is 13.3. The number of anilines is 2. The summed E-state index contributed by atoms with van der Waals surface area (Å²) in [6, 6.07) is 19.1. The van der Waals surface area contributed by atoms with Gasteiger partial charge in [0.15, 0.2) is 0 Å². The topological polar surface area (TPSA) is 119 Å². The molecule has 218 valence electrons. The Morgan fingerprint density at radius 1 is 1.00 bits per heavy atom. The maximum absolute atomic E-state index is 13.3. The van der Waals surface area contributed by atoms with Crippen LogP contribution in [0.1, 0.15) is 43.2 Å². The van der Waals surface area contributed by atoms with Gasteiger partial charge in [0.2, 0.25) is 0 Å². The number of ether oxygens (including phenoxy) is 1. The monoisotopic (exact) mass is 574 g/mol.